The Bertz CT molecular complexity index is 1310. The van der Waals surface area contributed by atoms with Gasteiger partial charge in [0, 0.05) is 24.7 Å². The van der Waals surface area contributed by atoms with Crippen LogP contribution in [-0.4, -0.2) is 31.4 Å². The number of benzene rings is 3. The van der Waals surface area contributed by atoms with Gasteiger partial charge in [0.25, 0.3) is 0 Å². The van der Waals surface area contributed by atoms with E-state index in [4.69, 9.17) is 0 Å². The molecule has 1 atom stereocenters. The van der Waals surface area contributed by atoms with Crippen molar-refractivity contribution in [2.75, 3.05) is 13.1 Å². The minimum Gasteiger partial charge on any atom is -0.298 e. The fraction of sp³-hybridized carbons (Fsp3) is 0.192. The highest BCUT2D eigenvalue weighted by atomic mass is 32.2. The number of nitrogens with zero attached hydrogens (tertiary/aromatic N) is 2. The highest BCUT2D eigenvalue weighted by Gasteiger charge is 2.24. The third-order valence-corrected chi connectivity index (χ3v) is 7.77. The molecular weight excluding hydrogens is 404 g/mol. The molecule has 3 aromatic carbocycles. The molecule has 0 N–H and O–H groups in total. The second-order valence-electron chi connectivity index (χ2n) is 8.15. The summed E-state index contributed by atoms with van der Waals surface area (Å²) in [5.74, 6) is 0.447. The largest absolute Gasteiger partial charge is 0.298 e. The van der Waals surface area contributed by atoms with Crippen LogP contribution >= 0.6 is 0 Å². The highest BCUT2D eigenvalue weighted by molar-refractivity contribution is 7.91. The van der Waals surface area contributed by atoms with E-state index in [0.717, 1.165) is 37.0 Å². The van der Waals surface area contributed by atoms with Gasteiger partial charge in [0.2, 0.25) is 9.84 Å². The van der Waals surface area contributed by atoms with Gasteiger partial charge in [-0.15, -0.1) is 0 Å². The topological polar surface area (TPSA) is 50.3 Å². The monoisotopic (exact) mass is 428 g/mol. The van der Waals surface area contributed by atoms with Crippen LogP contribution in [0.2, 0.25) is 0 Å². The Morgan fingerprint density at radius 3 is 2.39 bits per heavy atom. The van der Waals surface area contributed by atoms with Crippen molar-refractivity contribution in [3.63, 3.8) is 0 Å². The number of pyridine rings is 1. The summed E-state index contributed by atoms with van der Waals surface area (Å²) in [5, 5.41) is 0.871. The Morgan fingerprint density at radius 2 is 1.61 bits per heavy atom. The van der Waals surface area contributed by atoms with Gasteiger partial charge in [0.05, 0.1) is 15.3 Å². The first-order valence-electron chi connectivity index (χ1n) is 10.6. The van der Waals surface area contributed by atoms with E-state index < -0.39 is 9.84 Å². The second kappa shape index (κ2) is 8.25. The predicted molar refractivity (Wildman–Crippen MR) is 123 cm³/mol. The molecule has 5 heteroatoms. The van der Waals surface area contributed by atoms with E-state index >= 15 is 0 Å². The first-order chi connectivity index (χ1) is 15.1. The van der Waals surface area contributed by atoms with E-state index in [-0.39, 0.29) is 4.90 Å². The van der Waals surface area contributed by atoms with Crippen molar-refractivity contribution in [1.29, 1.82) is 0 Å². The molecule has 1 unspecified atom stereocenters. The predicted octanol–water partition coefficient (Wildman–Crippen LogP) is 5.06. The second-order valence-corrected chi connectivity index (χ2v) is 10.1. The molecule has 0 spiro atoms. The molecule has 1 aromatic heterocycles. The minimum atomic E-state index is -3.58. The molecule has 1 saturated heterocycles. The summed E-state index contributed by atoms with van der Waals surface area (Å²) < 4.78 is 26.0. The molecule has 31 heavy (non-hydrogen) atoms. The third-order valence-electron chi connectivity index (χ3n) is 6.04. The van der Waals surface area contributed by atoms with E-state index in [1.807, 2.05) is 18.2 Å². The maximum absolute atomic E-state index is 13.0. The van der Waals surface area contributed by atoms with Gasteiger partial charge in [-0.25, -0.2) is 8.42 Å². The number of hydrogen-bond acceptors (Lipinski definition) is 4. The van der Waals surface area contributed by atoms with Crippen LogP contribution in [0.15, 0.2) is 101 Å². The molecule has 0 aliphatic carbocycles. The molecule has 156 valence electrons. The first kappa shape index (κ1) is 19.9. The lowest BCUT2D eigenvalue weighted by molar-refractivity contribution is 0.327. The van der Waals surface area contributed by atoms with Crippen LogP contribution in [0.3, 0.4) is 0 Å². The van der Waals surface area contributed by atoms with Crippen LogP contribution in [0.25, 0.3) is 10.9 Å². The fourth-order valence-corrected chi connectivity index (χ4v) is 5.62. The quantitative estimate of drug-likeness (QED) is 0.446. The van der Waals surface area contributed by atoms with Crippen LogP contribution < -0.4 is 0 Å². The van der Waals surface area contributed by atoms with Crippen molar-refractivity contribution in [2.24, 2.45) is 0 Å². The molecule has 0 amide bonds. The SMILES string of the molecule is O=S(=O)(c1ccccc1)c1cnc2ccc(C3CCN(Cc4ccccc4)C3)cc2c1. The summed E-state index contributed by atoms with van der Waals surface area (Å²) in [5.41, 5.74) is 3.40. The molecule has 0 saturated carbocycles. The number of sulfone groups is 1. The van der Waals surface area contributed by atoms with Gasteiger partial charge in [-0.3, -0.25) is 9.88 Å². The molecule has 0 bridgehead atoms. The molecular formula is C26H24N2O2S. The van der Waals surface area contributed by atoms with Crippen LogP contribution in [0.1, 0.15) is 23.5 Å². The summed E-state index contributed by atoms with van der Waals surface area (Å²) >= 11 is 0. The lowest BCUT2D eigenvalue weighted by Gasteiger charge is -2.16. The summed E-state index contributed by atoms with van der Waals surface area (Å²) in [7, 11) is -3.58. The molecule has 1 aliphatic rings. The summed E-state index contributed by atoms with van der Waals surface area (Å²) in [6.07, 6.45) is 2.56. The van der Waals surface area contributed by atoms with Crippen molar-refractivity contribution in [3.05, 3.63) is 102 Å². The van der Waals surface area contributed by atoms with Crippen molar-refractivity contribution in [1.82, 2.24) is 9.88 Å². The lowest BCUT2D eigenvalue weighted by atomic mass is 9.97. The Hall–Kier alpha value is -3.02. The molecule has 2 heterocycles. The smallest absolute Gasteiger partial charge is 0.208 e. The zero-order valence-corrected chi connectivity index (χ0v) is 18.0. The van der Waals surface area contributed by atoms with Gasteiger partial charge < -0.3 is 0 Å². The van der Waals surface area contributed by atoms with Gasteiger partial charge in [-0.05, 0) is 60.3 Å². The fourth-order valence-electron chi connectivity index (χ4n) is 4.36. The van der Waals surface area contributed by atoms with E-state index in [1.165, 1.54) is 17.3 Å². The molecule has 4 aromatic rings. The Balaban J connectivity index is 1.40. The van der Waals surface area contributed by atoms with Gasteiger partial charge in [0.15, 0.2) is 0 Å². The highest BCUT2D eigenvalue weighted by Crippen LogP contribution is 2.31. The zero-order valence-electron chi connectivity index (χ0n) is 17.2. The number of rotatable bonds is 5. The molecule has 1 fully saturated rings. The third kappa shape index (κ3) is 4.11. The van der Waals surface area contributed by atoms with Gasteiger partial charge in [0.1, 0.15) is 0 Å². The van der Waals surface area contributed by atoms with Crippen LogP contribution in [-0.2, 0) is 16.4 Å². The van der Waals surface area contributed by atoms with Crippen LogP contribution in [0.5, 0.6) is 0 Å². The van der Waals surface area contributed by atoms with E-state index in [0.29, 0.717) is 10.8 Å². The zero-order chi connectivity index (χ0) is 21.3. The van der Waals surface area contributed by atoms with E-state index in [1.54, 1.807) is 30.3 Å². The lowest BCUT2D eigenvalue weighted by Crippen LogP contribution is -2.19. The number of likely N-dealkylation sites (tertiary alicyclic amines) is 1. The van der Waals surface area contributed by atoms with Gasteiger partial charge in [-0.2, -0.15) is 0 Å². The van der Waals surface area contributed by atoms with E-state index in [9.17, 15) is 8.42 Å². The average Bonchev–Trinajstić information content (AvgIpc) is 3.28. The summed E-state index contributed by atoms with van der Waals surface area (Å²) in [4.78, 5) is 7.43. The van der Waals surface area contributed by atoms with Crippen molar-refractivity contribution in [2.45, 2.75) is 28.7 Å². The van der Waals surface area contributed by atoms with Gasteiger partial charge >= 0.3 is 0 Å². The summed E-state index contributed by atoms with van der Waals surface area (Å²) in [6, 6.07) is 27.1. The summed E-state index contributed by atoms with van der Waals surface area (Å²) in [6.45, 7) is 3.04. The number of hydrogen-bond donors (Lipinski definition) is 0. The first-order valence-corrected chi connectivity index (χ1v) is 12.0. The number of aromatic nitrogens is 1. The minimum absolute atomic E-state index is 0.237. The van der Waals surface area contributed by atoms with Crippen LogP contribution in [0, 0.1) is 0 Å². The normalized spacial score (nSPS) is 17.2. The van der Waals surface area contributed by atoms with E-state index in [2.05, 4.69) is 46.3 Å². The molecule has 0 radical (unpaired) electrons. The molecule has 5 rings (SSSR count). The maximum Gasteiger partial charge on any atom is 0.208 e. The Morgan fingerprint density at radius 1 is 0.871 bits per heavy atom. The Labute approximate surface area is 183 Å². The number of fused-ring (bicyclic) bond motifs is 1. The van der Waals surface area contributed by atoms with Crippen molar-refractivity contribution in [3.8, 4) is 0 Å². The standard InChI is InChI=1S/C26H24N2O2S/c29-31(30,24-9-5-2-6-10-24)25-16-23-15-21(11-12-26(23)27-17-25)22-13-14-28(19-22)18-20-7-3-1-4-8-20/h1-12,15-17,22H,13-14,18-19H2. The van der Waals surface area contributed by atoms with Gasteiger partial charge in [-0.1, -0.05) is 54.6 Å². The molecule has 1 aliphatic heterocycles. The Kier molecular flexibility index (Phi) is 5.30. The van der Waals surface area contributed by atoms with Crippen molar-refractivity contribution >= 4 is 20.7 Å². The molecule has 4 nitrogen and oxygen atoms in total. The average molecular weight is 429 g/mol. The van der Waals surface area contributed by atoms with Crippen molar-refractivity contribution < 1.29 is 8.42 Å². The maximum atomic E-state index is 13.0. The van der Waals surface area contributed by atoms with Crippen LogP contribution in [0.4, 0.5) is 0 Å².